The van der Waals surface area contributed by atoms with E-state index >= 15 is 0 Å². The van der Waals surface area contributed by atoms with Crippen molar-refractivity contribution in [3.05, 3.63) is 35.4 Å². The van der Waals surface area contributed by atoms with Crippen molar-refractivity contribution in [1.82, 2.24) is 4.90 Å². The maximum absolute atomic E-state index is 12.2. The number of nitrogens with two attached hydrogens (primary N) is 1. The van der Waals surface area contributed by atoms with Crippen molar-refractivity contribution in [2.75, 3.05) is 20.1 Å². The Labute approximate surface area is 113 Å². The minimum atomic E-state index is 0.0770. The summed E-state index contributed by atoms with van der Waals surface area (Å²) in [6.07, 6.45) is 0. The average Bonchev–Trinajstić information content (AvgIpc) is 2.64. The summed E-state index contributed by atoms with van der Waals surface area (Å²) in [5, 5.41) is 2.38. The second-order valence-corrected chi connectivity index (χ2v) is 6.20. The topological polar surface area (TPSA) is 36.9 Å². The van der Waals surface area contributed by atoms with E-state index in [9.17, 15) is 4.79 Å². The highest BCUT2D eigenvalue weighted by Crippen LogP contribution is 2.42. The number of likely N-dealkylation sites (N-methyl/N-ethyl adjacent to an activating group) is 1. The Morgan fingerprint density at radius 3 is 2.61 bits per heavy atom. The van der Waals surface area contributed by atoms with Gasteiger partial charge in [0, 0.05) is 0 Å². The first-order chi connectivity index (χ1) is 8.63. The predicted octanol–water partition coefficient (Wildman–Crippen LogP) is 1.15. The summed E-state index contributed by atoms with van der Waals surface area (Å²) in [7, 11) is 2.04. The lowest BCUT2D eigenvalue weighted by molar-refractivity contribution is -0.626. The van der Waals surface area contributed by atoms with Crippen LogP contribution in [0.3, 0.4) is 0 Å². The van der Waals surface area contributed by atoms with Crippen LogP contribution in [0.25, 0.3) is 0 Å². The zero-order valence-electron chi connectivity index (χ0n) is 11.2. The molecular formula is C14H21N2OS+. The smallest absolute Gasteiger partial charge is 0.236 e. The van der Waals surface area contributed by atoms with Gasteiger partial charge in [0.15, 0.2) is 0 Å². The Kier molecular flexibility index (Phi) is 4.30. The fraction of sp³-hybridized carbons (Fsp3) is 0.500. The van der Waals surface area contributed by atoms with Crippen LogP contribution in [-0.4, -0.2) is 36.2 Å². The summed E-state index contributed by atoms with van der Waals surface area (Å²) < 4.78 is 0. The molecule has 0 unspecified atom stereocenters. The molecule has 1 aliphatic rings. The first-order valence-electron chi connectivity index (χ1n) is 6.44. The predicted molar refractivity (Wildman–Crippen MR) is 75.4 cm³/mol. The van der Waals surface area contributed by atoms with Crippen molar-refractivity contribution in [1.29, 1.82) is 0 Å². The Morgan fingerprint density at radius 1 is 1.33 bits per heavy atom. The van der Waals surface area contributed by atoms with Gasteiger partial charge in [-0.3, -0.25) is 4.79 Å². The zero-order chi connectivity index (χ0) is 13.1. The van der Waals surface area contributed by atoms with E-state index in [4.69, 9.17) is 0 Å². The van der Waals surface area contributed by atoms with Crippen LogP contribution >= 0.6 is 11.8 Å². The molecule has 1 saturated heterocycles. The van der Waals surface area contributed by atoms with E-state index in [-0.39, 0.29) is 16.5 Å². The number of quaternary nitrogens is 1. The van der Waals surface area contributed by atoms with E-state index in [1.54, 1.807) is 11.8 Å². The van der Waals surface area contributed by atoms with Crippen LogP contribution in [0, 0.1) is 6.92 Å². The average molecular weight is 265 g/mol. The molecule has 3 nitrogen and oxygen atoms in total. The zero-order valence-corrected chi connectivity index (χ0v) is 12.0. The lowest BCUT2D eigenvalue weighted by atomic mass is 10.1. The summed E-state index contributed by atoms with van der Waals surface area (Å²) in [5.74, 6) is 0.271. The number of thioether (sulfide) groups is 1. The maximum atomic E-state index is 12.2. The van der Waals surface area contributed by atoms with Crippen molar-refractivity contribution < 1.29 is 10.1 Å². The van der Waals surface area contributed by atoms with Crippen LogP contribution in [-0.2, 0) is 4.79 Å². The Hall–Kier alpha value is -1.00. The molecule has 98 valence electrons. The fourth-order valence-corrected chi connectivity index (χ4v) is 3.47. The van der Waals surface area contributed by atoms with Gasteiger partial charge in [0.1, 0.15) is 5.37 Å². The third-order valence-corrected chi connectivity index (χ3v) is 4.66. The second-order valence-electron chi connectivity index (χ2n) is 4.77. The van der Waals surface area contributed by atoms with E-state index in [1.807, 2.05) is 18.9 Å². The number of aryl methyl sites for hydroxylation is 1. The molecule has 1 aromatic rings. The van der Waals surface area contributed by atoms with Crippen molar-refractivity contribution in [2.24, 2.45) is 0 Å². The van der Waals surface area contributed by atoms with Crippen molar-refractivity contribution in [3.63, 3.8) is 0 Å². The quantitative estimate of drug-likeness (QED) is 0.887. The highest BCUT2D eigenvalue weighted by molar-refractivity contribution is 8.01. The molecule has 1 amide bonds. The van der Waals surface area contributed by atoms with E-state index < -0.39 is 0 Å². The number of rotatable bonds is 4. The first kappa shape index (κ1) is 13.4. The van der Waals surface area contributed by atoms with Crippen LogP contribution in [0.1, 0.15) is 23.4 Å². The molecule has 1 aromatic carbocycles. The van der Waals surface area contributed by atoms with Crippen LogP contribution < -0.4 is 5.32 Å². The molecule has 0 bridgehead atoms. The molecule has 0 radical (unpaired) electrons. The van der Waals surface area contributed by atoms with Crippen molar-refractivity contribution >= 4 is 17.7 Å². The number of carbonyl (C=O) groups is 1. The number of nitrogens with zero attached hydrogens (tertiary/aromatic N) is 1. The van der Waals surface area contributed by atoms with E-state index in [1.165, 1.54) is 11.1 Å². The minimum absolute atomic E-state index is 0.0770. The molecule has 2 N–H and O–H groups in total. The van der Waals surface area contributed by atoms with E-state index in [0.29, 0.717) is 0 Å². The van der Waals surface area contributed by atoms with Crippen LogP contribution in [0.5, 0.6) is 0 Å². The van der Waals surface area contributed by atoms with Gasteiger partial charge in [-0.2, -0.15) is 0 Å². The minimum Gasteiger partial charge on any atom is -0.347 e. The third kappa shape index (κ3) is 2.70. The van der Waals surface area contributed by atoms with Crippen LogP contribution in [0.2, 0.25) is 0 Å². The van der Waals surface area contributed by atoms with E-state index in [2.05, 4.69) is 36.5 Å². The Balaban J connectivity index is 2.19. The molecule has 2 atom stereocenters. The largest absolute Gasteiger partial charge is 0.347 e. The summed E-state index contributed by atoms with van der Waals surface area (Å²) in [4.78, 5) is 14.2. The molecule has 1 aliphatic heterocycles. The molecule has 0 aromatic heterocycles. The molecule has 4 heteroatoms. The number of amides is 1. The van der Waals surface area contributed by atoms with Gasteiger partial charge in [-0.05, 0) is 19.4 Å². The van der Waals surface area contributed by atoms with Gasteiger partial charge < -0.3 is 10.2 Å². The van der Waals surface area contributed by atoms with Gasteiger partial charge in [0.05, 0.1) is 25.4 Å². The normalized spacial score (nSPS) is 23.7. The fourth-order valence-electron chi connectivity index (χ4n) is 2.16. The number of hydrogen-bond acceptors (Lipinski definition) is 2. The third-order valence-electron chi connectivity index (χ3n) is 3.27. The summed E-state index contributed by atoms with van der Waals surface area (Å²) in [5.41, 5.74) is 2.49. The molecule has 2 rings (SSSR count). The highest BCUT2D eigenvalue weighted by atomic mass is 32.2. The summed E-state index contributed by atoms with van der Waals surface area (Å²) >= 11 is 1.75. The van der Waals surface area contributed by atoms with Crippen LogP contribution in [0.4, 0.5) is 0 Å². The molecule has 1 heterocycles. The van der Waals surface area contributed by atoms with Gasteiger partial charge in [-0.1, -0.05) is 29.8 Å². The second kappa shape index (κ2) is 5.76. The van der Waals surface area contributed by atoms with Gasteiger partial charge in [-0.25, -0.2) is 0 Å². The molecule has 18 heavy (non-hydrogen) atoms. The molecule has 1 fully saturated rings. The Bertz CT molecular complexity index is 418. The SMILES string of the molecule is C[NH2+]CCN1C(=O)[C@H](C)S[C@@H]1c1ccc(C)cc1. The summed E-state index contributed by atoms with van der Waals surface area (Å²) in [6.45, 7) is 5.87. The van der Waals surface area contributed by atoms with Gasteiger partial charge >= 0.3 is 0 Å². The maximum Gasteiger partial charge on any atom is 0.236 e. The summed E-state index contributed by atoms with van der Waals surface area (Å²) in [6, 6.07) is 8.52. The highest BCUT2D eigenvalue weighted by Gasteiger charge is 2.38. The first-order valence-corrected chi connectivity index (χ1v) is 7.38. The molecular weight excluding hydrogens is 244 g/mol. The number of hydrogen-bond donors (Lipinski definition) is 1. The number of benzene rings is 1. The molecule has 0 spiro atoms. The lowest BCUT2D eigenvalue weighted by Crippen LogP contribution is -2.81. The van der Waals surface area contributed by atoms with Gasteiger partial charge in [0.25, 0.3) is 0 Å². The van der Waals surface area contributed by atoms with Crippen molar-refractivity contribution in [2.45, 2.75) is 24.5 Å². The van der Waals surface area contributed by atoms with E-state index in [0.717, 1.165) is 13.1 Å². The lowest BCUT2D eigenvalue weighted by Gasteiger charge is -2.23. The Morgan fingerprint density at radius 2 is 2.00 bits per heavy atom. The van der Waals surface area contributed by atoms with Crippen LogP contribution in [0.15, 0.2) is 24.3 Å². The van der Waals surface area contributed by atoms with Crippen molar-refractivity contribution in [3.8, 4) is 0 Å². The standard InChI is InChI=1S/C14H20N2OS/c1-10-4-6-12(7-5-10)14-16(9-8-15-3)13(17)11(2)18-14/h4-7,11,14-15H,8-9H2,1-3H3/p+1/t11-,14+/m0/s1. The number of carbonyl (C=O) groups excluding carboxylic acids is 1. The van der Waals surface area contributed by atoms with Gasteiger partial charge in [0.2, 0.25) is 5.91 Å². The molecule has 0 aliphatic carbocycles. The molecule has 0 saturated carbocycles. The van der Waals surface area contributed by atoms with Gasteiger partial charge in [-0.15, -0.1) is 11.8 Å². The monoisotopic (exact) mass is 265 g/mol.